The van der Waals surface area contributed by atoms with Crippen LogP contribution < -0.4 is 5.32 Å². The number of aryl methyl sites for hydroxylation is 1. The molecule has 1 saturated heterocycles. The second-order valence-corrected chi connectivity index (χ2v) is 5.07. The minimum atomic E-state index is -2.70. The van der Waals surface area contributed by atoms with E-state index in [0.717, 1.165) is 43.8 Å². The average Bonchev–Trinajstić information content (AvgIpc) is 2.86. The Kier molecular flexibility index (Phi) is 5.69. The fourth-order valence-electron chi connectivity index (χ4n) is 2.41. The molecule has 0 spiro atoms. The zero-order valence-corrected chi connectivity index (χ0v) is 12.1. The van der Waals surface area contributed by atoms with E-state index in [1.165, 1.54) is 12.1 Å². The second kappa shape index (κ2) is 7.51. The van der Waals surface area contributed by atoms with Gasteiger partial charge in [-0.05, 0) is 32.0 Å². The first-order valence-electron chi connectivity index (χ1n) is 7.14. The summed E-state index contributed by atoms with van der Waals surface area (Å²) >= 11 is 0. The minimum Gasteiger partial charge on any atom is -0.379 e. The third-order valence-corrected chi connectivity index (χ3v) is 3.59. The van der Waals surface area contributed by atoms with Crippen molar-refractivity contribution < 1.29 is 18.3 Å². The number of amides is 1. The van der Waals surface area contributed by atoms with Crippen molar-refractivity contribution >= 4 is 5.91 Å². The summed E-state index contributed by atoms with van der Waals surface area (Å²) in [4.78, 5) is 14.2. The molecule has 0 aliphatic carbocycles. The lowest BCUT2D eigenvalue weighted by atomic mass is 10.3. The standard InChI is InChI=1S/C14H21F2N3O2/c1-11-3-4-12(19(11)14(15)16)13(20)17-5-2-6-18-7-9-21-10-8-18/h3-4,14H,2,5-10H2,1H3,(H,17,20). The number of nitrogens with one attached hydrogen (secondary N) is 1. The number of halogens is 2. The van der Waals surface area contributed by atoms with E-state index >= 15 is 0 Å². The van der Waals surface area contributed by atoms with Crippen LogP contribution in [0.2, 0.25) is 0 Å². The number of nitrogens with zero attached hydrogens (tertiary/aromatic N) is 2. The third kappa shape index (κ3) is 4.25. The summed E-state index contributed by atoms with van der Waals surface area (Å²) in [6.45, 7) is 3.50. The van der Waals surface area contributed by atoms with Crippen LogP contribution in [-0.4, -0.2) is 54.8 Å². The average molecular weight is 301 g/mol. The third-order valence-electron chi connectivity index (χ3n) is 3.59. The van der Waals surface area contributed by atoms with Crippen molar-refractivity contribution in [3.63, 3.8) is 0 Å². The van der Waals surface area contributed by atoms with Gasteiger partial charge in [0.15, 0.2) is 0 Å². The van der Waals surface area contributed by atoms with Gasteiger partial charge in [0.25, 0.3) is 5.91 Å². The van der Waals surface area contributed by atoms with Gasteiger partial charge in [-0.15, -0.1) is 0 Å². The molecule has 0 aromatic carbocycles. The highest BCUT2D eigenvalue weighted by molar-refractivity contribution is 5.92. The maximum atomic E-state index is 12.9. The molecule has 1 aromatic rings. The zero-order chi connectivity index (χ0) is 15.2. The summed E-state index contributed by atoms with van der Waals surface area (Å²) < 4.78 is 31.8. The molecule has 0 unspecified atom stereocenters. The highest BCUT2D eigenvalue weighted by Gasteiger charge is 2.18. The molecular formula is C14H21F2N3O2. The minimum absolute atomic E-state index is 0.00822. The Hall–Kier alpha value is -1.47. The summed E-state index contributed by atoms with van der Waals surface area (Å²) in [7, 11) is 0. The fraction of sp³-hybridized carbons (Fsp3) is 0.643. The smallest absolute Gasteiger partial charge is 0.319 e. The molecular weight excluding hydrogens is 280 g/mol. The monoisotopic (exact) mass is 301 g/mol. The molecule has 21 heavy (non-hydrogen) atoms. The molecule has 0 radical (unpaired) electrons. The molecule has 5 nitrogen and oxygen atoms in total. The van der Waals surface area contributed by atoms with Gasteiger partial charge >= 0.3 is 6.55 Å². The first-order chi connectivity index (χ1) is 10.1. The summed E-state index contributed by atoms with van der Waals surface area (Å²) in [5.74, 6) is -0.453. The van der Waals surface area contributed by atoms with E-state index in [1.807, 2.05) is 0 Å². The Bertz CT molecular complexity index is 471. The molecule has 1 aliphatic rings. The first kappa shape index (κ1) is 15.9. The van der Waals surface area contributed by atoms with Crippen molar-refractivity contribution in [3.8, 4) is 0 Å². The lowest BCUT2D eigenvalue weighted by Crippen LogP contribution is -2.38. The fourth-order valence-corrected chi connectivity index (χ4v) is 2.41. The van der Waals surface area contributed by atoms with E-state index in [2.05, 4.69) is 10.2 Å². The number of hydrogen-bond acceptors (Lipinski definition) is 3. The number of alkyl halides is 2. The quantitative estimate of drug-likeness (QED) is 0.813. The maximum absolute atomic E-state index is 12.9. The summed E-state index contributed by atoms with van der Waals surface area (Å²) in [5, 5.41) is 2.70. The molecule has 0 atom stereocenters. The Morgan fingerprint density at radius 1 is 1.38 bits per heavy atom. The van der Waals surface area contributed by atoms with E-state index in [4.69, 9.17) is 4.74 Å². The van der Waals surface area contributed by atoms with Gasteiger partial charge in [0, 0.05) is 25.3 Å². The van der Waals surface area contributed by atoms with Crippen LogP contribution in [0.15, 0.2) is 12.1 Å². The van der Waals surface area contributed by atoms with Crippen molar-refractivity contribution in [2.45, 2.75) is 19.9 Å². The molecule has 118 valence electrons. The van der Waals surface area contributed by atoms with Crippen LogP contribution in [-0.2, 0) is 4.74 Å². The maximum Gasteiger partial charge on any atom is 0.319 e. The Balaban J connectivity index is 1.77. The van der Waals surface area contributed by atoms with Crippen molar-refractivity contribution in [2.24, 2.45) is 0 Å². The lowest BCUT2D eigenvalue weighted by molar-refractivity contribution is 0.0373. The molecule has 2 rings (SSSR count). The van der Waals surface area contributed by atoms with Gasteiger partial charge in [-0.2, -0.15) is 8.78 Å². The van der Waals surface area contributed by atoms with E-state index in [0.29, 0.717) is 12.2 Å². The topological polar surface area (TPSA) is 46.5 Å². The molecule has 0 saturated carbocycles. The van der Waals surface area contributed by atoms with E-state index < -0.39 is 12.5 Å². The molecule has 1 aromatic heterocycles. The molecule has 1 aliphatic heterocycles. The van der Waals surface area contributed by atoms with Gasteiger partial charge in [-0.25, -0.2) is 0 Å². The van der Waals surface area contributed by atoms with Crippen LogP contribution in [0.25, 0.3) is 0 Å². The summed E-state index contributed by atoms with van der Waals surface area (Å²) in [5.41, 5.74) is 0.386. The normalized spacial score (nSPS) is 16.4. The van der Waals surface area contributed by atoms with Crippen LogP contribution in [0.5, 0.6) is 0 Å². The van der Waals surface area contributed by atoms with Gasteiger partial charge in [-0.3, -0.25) is 14.3 Å². The van der Waals surface area contributed by atoms with Crippen molar-refractivity contribution in [2.75, 3.05) is 39.4 Å². The van der Waals surface area contributed by atoms with Gasteiger partial charge in [0.05, 0.1) is 13.2 Å². The zero-order valence-electron chi connectivity index (χ0n) is 12.1. The van der Waals surface area contributed by atoms with Gasteiger partial charge in [0.2, 0.25) is 0 Å². The molecule has 1 fully saturated rings. The summed E-state index contributed by atoms with van der Waals surface area (Å²) in [6, 6.07) is 2.95. The van der Waals surface area contributed by atoms with Gasteiger partial charge in [-0.1, -0.05) is 0 Å². The number of hydrogen-bond donors (Lipinski definition) is 1. The van der Waals surface area contributed by atoms with Gasteiger partial charge < -0.3 is 10.1 Å². The largest absolute Gasteiger partial charge is 0.379 e. The van der Waals surface area contributed by atoms with Crippen molar-refractivity contribution in [1.29, 1.82) is 0 Å². The molecule has 7 heteroatoms. The number of carbonyl (C=O) groups excluding carboxylic acids is 1. The second-order valence-electron chi connectivity index (χ2n) is 5.07. The van der Waals surface area contributed by atoms with Gasteiger partial charge in [0.1, 0.15) is 5.69 Å². The predicted octanol–water partition coefficient (Wildman–Crippen LogP) is 1.64. The highest BCUT2D eigenvalue weighted by Crippen LogP contribution is 2.18. The Morgan fingerprint density at radius 3 is 2.76 bits per heavy atom. The van der Waals surface area contributed by atoms with Crippen LogP contribution in [0, 0.1) is 6.92 Å². The summed E-state index contributed by atoms with van der Waals surface area (Å²) in [6.07, 6.45) is 0.792. The molecule has 1 amide bonds. The first-order valence-corrected chi connectivity index (χ1v) is 7.14. The van der Waals surface area contributed by atoms with Crippen LogP contribution >= 0.6 is 0 Å². The number of morpholine rings is 1. The van der Waals surface area contributed by atoms with Crippen molar-refractivity contribution in [1.82, 2.24) is 14.8 Å². The van der Waals surface area contributed by atoms with Crippen LogP contribution in [0.3, 0.4) is 0 Å². The predicted molar refractivity (Wildman–Crippen MR) is 74.6 cm³/mol. The molecule has 1 N–H and O–H groups in total. The number of rotatable bonds is 6. The van der Waals surface area contributed by atoms with Crippen LogP contribution in [0.4, 0.5) is 8.78 Å². The Morgan fingerprint density at radius 2 is 2.10 bits per heavy atom. The number of carbonyl (C=O) groups is 1. The SMILES string of the molecule is Cc1ccc(C(=O)NCCCN2CCOCC2)n1C(F)F. The van der Waals surface area contributed by atoms with E-state index in [-0.39, 0.29) is 5.69 Å². The Labute approximate surface area is 122 Å². The lowest BCUT2D eigenvalue weighted by Gasteiger charge is -2.26. The molecule has 2 heterocycles. The number of ether oxygens (including phenoxy) is 1. The van der Waals surface area contributed by atoms with E-state index in [9.17, 15) is 13.6 Å². The highest BCUT2D eigenvalue weighted by atomic mass is 19.3. The molecule has 0 bridgehead atoms. The van der Waals surface area contributed by atoms with E-state index in [1.54, 1.807) is 6.92 Å². The van der Waals surface area contributed by atoms with Crippen LogP contribution in [0.1, 0.15) is 29.2 Å². The number of aromatic nitrogens is 1. The van der Waals surface area contributed by atoms with Crippen molar-refractivity contribution in [3.05, 3.63) is 23.5 Å².